The van der Waals surface area contributed by atoms with Crippen molar-refractivity contribution in [2.24, 2.45) is 0 Å². The highest BCUT2D eigenvalue weighted by molar-refractivity contribution is 8.04. The summed E-state index contributed by atoms with van der Waals surface area (Å²) < 4.78 is 5.30. The van der Waals surface area contributed by atoms with E-state index in [1.807, 2.05) is 22.7 Å². The molecule has 0 saturated carbocycles. The molecule has 0 amide bonds. The number of thiophene rings is 2. The smallest absolute Gasteiger partial charge is 0.0694 e. The van der Waals surface area contributed by atoms with Crippen LogP contribution in [0.2, 0.25) is 0 Å². The number of hydrogen-bond acceptors (Lipinski definition) is 6. The van der Waals surface area contributed by atoms with Crippen molar-refractivity contribution in [3.8, 4) is 0 Å². The molecule has 2 aromatic heterocycles. The quantitative estimate of drug-likeness (QED) is 0.177. The minimum absolute atomic E-state index is 0.351. The van der Waals surface area contributed by atoms with Crippen molar-refractivity contribution in [1.82, 2.24) is 0 Å². The van der Waals surface area contributed by atoms with E-state index >= 15 is 0 Å². The number of anilines is 4. The van der Waals surface area contributed by atoms with E-state index in [0.29, 0.717) is 22.6 Å². The highest BCUT2D eigenvalue weighted by atomic mass is 32.2. The maximum absolute atomic E-state index is 2.76. The Balaban J connectivity index is 1.01. The van der Waals surface area contributed by atoms with Crippen LogP contribution in [0.15, 0.2) is 168 Å². The lowest BCUT2D eigenvalue weighted by Gasteiger charge is -2.33. The van der Waals surface area contributed by atoms with Crippen LogP contribution in [0.3, 0.4) is 0 Å². The van der Waals surface area contributed by atoms with Gasteiger partial charge in [-0.25, -0.2) is 0 Å². The van der Waals surface area contributed by atoms with Crippen molar-refractivity contribution >= 4 is 109 Å². The molecule has 1 fully saturated rings. The standard InChI is InChI=1S/C46H30N2S4/c1-5-13-37-31(9-1)33-23-21-30(26-42(33)50-37)47(29-22-24-41-36(25-29)32-10-2-6-14-38(32)49-41)27-17-19-28(20-18-27)48-43-34-11-3-7-15-39(34)51-45(43)46-44(48)35-12-4-8-16-40(35)52-46/h1-26,43-46H. The Morgan fingerprint density at radius 2 is 0.904 bits per heavy atom. The van der Waals surface area contributed by atoms with Crippen LogP contribution in [0.5, 0.6) is 0 Å². The summed E-state index contributed by atoms with van der Waals surface area (Å²) >= 11 is 7.93. The molecule has 1 saturated heterocycles. The topological polar surface area (TPSA) is 6.48 Å². The van der Waals surface area contributed by atoms with Gasteiger partial charge in [0.05, 0.1) is 12.1 Å². The minimum atomic E-state index is 0.351. The number of hydrogen-bond donors (Lipinski definition) is 0. The second-order valence-electron chi connectivity index (χ2n) is 13.9. The van der Waals surface area contributed by atoms with Gasteiger partial charge in [0.15, 0.2) is 0 Å². The number of rotatable bonds is 4. The first-order chi connectivity index (χ1) is 25.8. The van der Waals surface area contributed by atoms with Crippen LogP contribution >= 0.6 is 46.2 Å². The zero-order valence-corrected chi connectivity index (χ0v) is 31.1. The molecule has 4 atom stereocenters. The largest absolute Gasteiger partial charge is 0.355 e. The summed E-state index contributed by atoms with van der Waals surface area (Å²) in [6.07, 6.45) is 0. The monoisotopic (exact) mass is 738 g/mol. The molecular formula is C46H30N2S4. The fraction of sp³-hybridized carbons (Fsp3) is 0.0870. The molecule has 0 aliphatic carbocycles. The highest BCUT2D eigenvalue weighted by Crippen LogP contribution is 2.66. The number of thioether (sulfide) groups is 2. The molecule has 7 aromatic carbocycles. The van der Waals surface area contributed by atoms with Gasteiger partial charge in [-0.15, -0.1) is 46.2 Å². The van der Waals surface area contributed by atoms with E-state index in [2.05, 4.69) is 191 Å². The number of fused-ring (bicyclic) bond motifs is 13. The average molecular weight is 739 g/mol. The van der Waals surface area contributed by atoms with Gasteiger partial charge in [-0.1, -0.05) is 78.9 Å². The zero-order chi connectivity index (χ0) is 33.9. The molecule has 52 heavy (non-hydrogen) atoms. The van der Waals surface area contributed by atoms with Crippen molar-refractivity contribution in [1.29, 1.82) is 0 Å². The first kappa shape index (κ1) is 29.8. The number of benzene rings is 7. The fourth-order valence-electron chi connectivity index (χ4n) is 8.97. The average Bonchev–Trinajstić information content (AvgIpc) is 4.00. The predicted octanol–water partition coefficient (Wildman–Crippen LogP) is 14.1. The lowest BCUT2D eigenvalue weighted by Crippen LogP contribution is -2.27. The Morgan fingerprint density at radius 1 is 0.404 bits per heavy atom. The molecule has 12 rings (SSSR count). The third-order valence-electron chi connectivity index (χ3n) is 11.2. The number of nitrogens with zero attached hydrogens (tertiary/aromatic N) is 2. The third-order valence-corrected chi connectivity index (χ3v) is 16.5. The normalized spacial score (nSPS) is 20.1. The first-order valence-corrected chi connectivity index (χ1v) is 21.2. The van der Waals surface area contributed by atoms with Gasteiger partial charge in [0, 0.05) is 83.4 Å². The summed E-state index contributed by atoms with van der Waals surface area (Å²) in [6.45, 7) is 0. The van der Waals surface area contributed by atoms with Gasteiger partial charge in [0.25, 0.3) is 0 Å². The summed E-state index contributed by atoms with van der Waals surface area (Å²) in [6, 6.07) is 60.0. The zero-order valence-electron chi connectivity index (χ0n) is 27.8. The Bertz CT molecular complexity index is 2810. The van der Waals surface area contributed by atoms with Gasteiger partial charge < -0.3 is 9.80 Å². The molecule has 248 valence electrons. The molecule has 0 N–H and O–H groups in total. The summed E-state index contributed by atoms with van der Waals surface area (Å²) in [7, 11) is 0. The second kappa shape index (κ2) is 11.4. The van der Waals surface area contributed by atoms with Crippen molar-refractivity contribution < 1.29 is 0 Å². The van der Waals surface area contributed by atoms with Crippen LogP contribution in [0.1, 0.15) is 23.2 Å². The molecule has 0 spiro atoms. The molecule has 3 aliphatic heterocycles. The van der Waals surface area contributed by atoms with Crippen LogP contribution in [-0.4, -0.2) is 10.5 Å². The minimum Gasteiger partial charge on any atom is -0.355 e. The van der Waals surface area contributed by atoms with Crippen LogP contribution in [0.25, 0.3) is 40.3 Å². The lowest BCUT2D eigenvalue weighted by atomic mass is 10.0. The van der Waals surface area contributed by atoms with Gasteiger partial charge in [0.2, 0.25) is 0 Å². The van der Waals surface area contributed by atoms with E-state index < -0.39 is 0 Å². The maximum Gasteiger partial charge on any atom is 0.0694 e. The highest BCUT2D eigenvalue weighted by Gasteiger charge is 2.57. The third kappa shape index (κ3) is 4.32. The molecular weight excluding hydrogens is 709 g/mol. The molecule has 2 nitrogen and oxygen atoms in total. The fourth-order valence-corrected chi connectivity index (χ4v) is 14.5. The van der Waals surface area contributed by atoms with E-state index in [4.69, 9.17) is 0 Å². The molecule has 0 bridgehead atoms. The van der Waals surface area contributed by atoms with Crippen molar-refractivity contribution in [2.75, 3.05) is 9.80 Å². The molecule has 3 aliphatic rings. The first-order valence-electron chi connectivity index (χ1n) is 17.8. The van der Waals surface area contributed by atoms with Crippen LogP contribution in [0, 0.1) is 0 Å². The summed E-state index contributed by atoms with van der Waals surface area (Å²) in [5.74, 6) is 0. The molecule has 4 unspecified atom stereocenters. The van der Waals surface area contributed by atoms with Gasteiger partial charge in [-0.2, -0.15) is 0 Å². The Labute approximate surface area is 318 Å². The van der Waals surface area contributed by atoms with E-state index in [0.717, 1.165) is 5.69 Å². The van der Waals surface area contributed by atoms with Gasteiger partial charge in [-0.05, 0) is 90.0 Å². The van der Waals surface area contributed by atoms with Gasteiger partial charge >= 0.3 is 0 Å². The van der Waals surface area contributed by atoms with E-state index in [1.165, 1.54) is 78.3 Å². The van der Waals surface area contributed by atoms with Gasteiger partial charge in [0.1, 0.15) is 0 Å². The summed E-state index contributed by atoms with van der Waals surface area (Å²) in [4.78, 5) is 8.09. The van der Waals surface area contributed by atoms with Crippen LogP contribution in [-0.2, 0) is 0 Å². The molecule has 6 heteroatoms. The van der Waals surface area contributed by atoms with E-state index in [1.54, 1.807) is 0 Å². The van der Waals surface area contributed by atoms with E-state index in [-0.39, 0.29) is 0 Å². The van der Waals surface area contributed by atoms with E-state index in [9.17, 15) is 0 Å². The molecule has 5 heterocycles. The predicted molar refractivity (Wildman–Crippen MR) is 227 cm³/mol. The summed E-state index contributed by atoms with van der Waals surface area (Å²) in [5.41, 5.74) is 7.76. The maximum atomic E-state index is 2.76. The molecule has 9 aromatic rings. The Hall–Kier alpha value is -4.72. The van der Waals surface area contributed by atoms with Crippen LogP contribution < -0.4 is 9.80 Å². The Morgan fingerprint density at radius 3 is 1.60 bits per heavy atom. The second-order valence-corrected chi connectivity index (χ2v) is 18.6. The van der Waals surface area contributed by atoms with Crippen molar-refractivity contribution in [3.63, 3.8) is 0 Å². The molecule has 0 radical (unpaired) electrons. The SMILES string of the molecule is c1ccc2c(c1)SC1C3Sc4ccccc4C3N(c3ccc(N(c4ccc5c(c4)sc4ccccc45)c4ccc5sc6ccccc6c5c4)cc3)C21. The van der Waals surface area contributed by atoms with Crippen molar-refractivity contribution in [3.05, 3.63) is 169 Å². The Kier molecular flexibility index (Phi) is 6.53. The van der Waals surface area contributed by atoms with Crippen molar-refractivity contribution in [2.45, 2.75) is 32.4 Å². The van der Waals surface area contributed by atoms with Crippen LogP contribution in [0.4, 0.5) is 22.7 Å². The summed E-state index contributed by atoms with van der Waals surface area (Å²) in [5, 5.41) is 6.30. The lowest BCUT2D eigenvalue weighted by molar-refractivity contribution is 0.675. The van der Waals surface area contributed by atoms with Gasteiger partial charge in [-0.3, -0.25) is 0 Å².